The van der Waals surface area contributed by atoms with Gasteiger partial charge >= 0.3 is 29.8 Å². The van der Waals surface area contributed by atoms with E-state index in [1.54, 1.807) is 0 Å². The van der Waals surface area contributed by atoms with Crippen LogP contribution in [0.5, 0.6) is 0 Å². The first-order chi connectivity index (χ1) is 24.1. The molecule has 0 unspecified atom stereocenters. The number of carbonyl (C=O) groups excluding carboxylic acids is 3. The number of rotatable bonds is 25. The Morgan fingerprint density at radius 3 is 1.10 bits per heavy atom. The van der Waals surface area contributed by atoms with Crippen LogP contribution >= 0.6 is 12.6 Å². The van der Waals surface area contributed by atoms with E-state index < -0.39 is 17.5 Å². The number of aliphatic hydroxyl groups excluding tert-OH is 3. The summed E-state index contributed by atoms with van der Waals surface area (Å²) in [7, 11) is 2.70. The SMILES string of the molecule is CC(C)(C)OC(=O)CCOCCO.CCCOCCC(=O)OC.COC(=O)CCOCCO.O=C(O)CCOCCO.O=C(O)CCOCCS. The second kappa shape index (κ2) is 47.4. The Morgan fingerprint density at radius 2 is 0.824 bits per heavy atom. The van der Waals surface area contributed by atoms with Crippen molar-refractivity contribution >= 4 is 42.5 Å². The summed E-state index contributed by atoms with van der Waals surface area (Å²) in [6.45, 7) is 10.9. The fraction of sp³-hybridized carbons (Fsp3) is 0.844. The molecule has 0 saturated carbocycles. The summed E-state index contributed by atoms with van der Waals surface area (Å²) in [6, 6.07) is 0. The van der Waals surface area contributed by atoms with Crippen molar-refractivity contribution in [2.45, 2.75) is 71.8 Å². The number of carboxylic acids is 2. The first kappa shape index (κ1) is 57.7. The monoisotopic (exact) mass is 768 g/mol. The van der Waals surface area contributed by atoms with Gasteiger partial charge in [-0.3, -0.25) is 24.0 Å². The third-order valence-corrected chi connectivity index (χ3v) is 4.62. The summed E-state index contributed by atoms with van der Waals surface area (Å²) in [5.41, 5.74) is -0.436. The summed E-state index contributed by atoms with van der Waals surface area (Å²) >= 11 is 3.87. The number of hydrogen-bond donors (Lipinski definition) is 6. The molecule has 306 valence electrons. The number of methoxy groups -OCH3 is 2. The molecule has 19 heteroatoms. The lowest BCUT2D eigenvalue weighted by Crippen LogP contribution is -2.24. The lowest BCUT2D eigenvalue weighted by atomic mass is 10.2. The van der Waals surface area contributed by atoms with Crippen molar-refractivity contribution in [2.24, 2.45) is 0 Å². The van der Waals surface area contributed by atoms with Crippen molar-refractivity contribution < 1.29 is 87.4 Å². The average Bonchev–Trinajstić information content (AvgIpc) is 3.07. The molecule has 0 bridgehead atoms. The first-order valence-corrected chi connectivity index (χ1v) is 16.9. The quantitative estimate of drug-likeness (QED) is 0.0329. The number of hydrogen-bond acceptors (Lipinski definition) is 17. The van der Waals surface area contributed by atoms with Gasteiger partial charge in [0.25, 0.3) is 0 Å². The zero-order chi connectivity index (χ0) is 40.2. The van der Waals surface area contributed by atoms with Gasteiger partial charge in [0, 0.05) is 12.4 Å². The second-order valence-electron chi connectivity index (χ2n) is 10.2. The van der Waals surface area contributed by atoms with Gasteiger partial charge in [-0.25, -0.2) is 0 Å². The van der Waals surface area contributed by atoms with E-state index in [1.807, 2.05) is 27.7 Å². The molecule has 51 heavy (non-hydrogen) atoms. The molecular weight excluding hydrogens is 704 g/mol. The van der Waals surface area contributed by atoms with Crippen molar-refractivity contribution in [2.75, 3.05) is 106 Å². The molecule has 0 aromatic carbocycles. The summed E-state index contributed by atoms with van der Waals surface area (Å²) in [4.78, 5) is 51.6. The third-order valence-electron chi connectivity index (χ3n) is 4.44. The largest absolute Gasteiger partial charge is 0.481 e. The van der Waals surface area contributed by atoms with Gasteiger partial charge in [-0.1, -0.05) is 6.92 Å². The molecule has 0 saturated heterocycles. The molecule has 0 aliphatic rings. The van der Waals surface area contributed by atoms with Crippen LogP contribution in [-0.2, 0) is 61.9 Å². The van der Waals surface area contributed by atoms with E-state index in [0.29, 0.717) is 38.6 Å². The number of aliphatic hydroxyl groups is 3. The zero-order valence-corrected chi connectivity index (χ0v) is 32.0. The Bertz CT molecular complexity index is 747. The Morgan fingerprint density at radius 1 is 0.510 bits per heavy atom. The minimum Gasteiger partial charge on any atom is -0.481 e. The molecule has 0 atom stereocenters. The van der Waals surface area contributed by atoms with Crippen LogP contribution in [0, 0.1) is 0 Å². The Labute approximate surface area is 307 Å². The first-order valence-electron chi connectivity index (χ1n) is 16.2. The molecular formula is C32H64O18S. The summed E-state index contributed by atoms with van der Waals surface area (Å²) in [5, 5.41) is 41.0. The van der Waals surface area contributed by atoms with Crippen molar-refractivity contribution in [1.29, 1.82) is 0 Å². The lowest BCUT2D eigenvalue weighted by molar-refractivity contribution is -0.156. The highest BCUT2D eigenvalue weighted by Gasteiger charge is 2.15. The van der Waals surface area contributed by atoms with Crippen molar-refractivity contribution in [3.05, 3.63) is 0 Å². The standard InChI is InChI=1S/C9H18O4.C7H14O3.C6H12O4.C5H10O4.C5H10O3S/c1-9(2,3)13-8(11)4-6-12-7-5-10;1-3-5-10-6-4-7(8)9-2;1-9-6(8)2-4-10-5-3-7;6-2-4-9-3-1-5(7)8;6-5(7)1-2-8-3-4-9/h10H,4-7H2,1-3H3;3-6H2,1-2H3;7H,2-5H2,1H3;6H,1-4H2,(H,7,8);9H,1-4H2,(H,6,7). The molecule has 0 fully saturated rings. The predicted octanol–water partition coefficient (Wildman–Crippen LogP) is 1.14. The molecule has 0 aliphatic heterocycles. The van der Waals surface area contributed by atoms with Crippen LogP contribution in [0.3, 0.4) is 0 Å². The van der Waals surface area contributed by atoms with Gasteiger partial charge in [0.1, 0.15) is 5.60 Å². The predicted molar refractivity (Wildman–Crippen MR) is 188 cm³/mol. The summed E-state index contributed by atoms with van der Waals surface area (Å²) < 4.78 is 38.1. The maximum Gasteiger partial charge on any atom is 0.308 e. The van der Waals surface area contributed by atoms with Crippen LogP contribution in [0.2, 0.25) is 0 Å². The van der Waals surface area contributed by atoms with Crippen LogP contribution in [0.4, 0.5) is 0 Å². The van der Waals surface area contributed by atoms with Crippen LogP contribution in [0.15, 0.2) is 0 Å². The smallest absolute Gasteiger partial charge is 0.308 e. The minimum absolute atomic E-state index is 0. The highest BCUT2D eigenvalue weighted by atomic mass is 32.1. The number of esters is 3. The van der Waals surface area contributed by atoms with E-state index in [0.717, 1.165) is 13.0 Å². The van der Waals surface area contributed by atoms with E-state index in [1.165, 1.54) is 14.2 Å². The molecule has 18 nitrogen and oxygen atoms in total. The van der Waals surface area contributed by atoms with Crippen molar-refractivity contribution in [3.8, 4) is 0 Å². The molecule has 0 radical (unpaired) electrons. The van der Waals surface area contributed by atoms with E-state index in [4.69, 9.17) is 49.2 Å². The third kappa shape index (κ3) is 73.7. The molecule has 0 spiro atoms. The summed E-state index contributed by atoms with van der Waals surface area (Å²) in [5.74, 6) is -1.85. The fourth-order valence-corrected chi connectivity index (χ4v) is 2.42. The van der Waals surface area contributed by atoms with Crippen molar-refractivity contribution in [1.82, 2.24) is 0 Å². The molecule has 0 heterocycles. The van der Waals surface area contributed by atoms with Crippen LogP contribution in [0.1, 0.15) is 66.2 Å². The second-order valence-corrected chi connectivity index (χ2v) is 10.7. The van der Waals surface area contributed by atoms with Gasteiger partial charge in [-0.15, -0.1) is 0 Å². The lowest BCUT2D eigenvalue weighted by Gasteiger charge is -2.19. The minimum atomic E-state index is -0.882. The van der Waals surface area contributed by atoms with E-state index >= 15 is 0 Å². The van der Waals surface area contributed by atoms with Crippen LogP contribution in [0.25, 0.3) is 0 Å². The number of carboxylic acid groups (broad SMARTS) is 2. The van der Waals surface area contributed by atoms with Gasteiger partial charge in [0.05, 0.1) is 126 Å². The van der Waals surface area contributed by atoms with Gasteiger partial charge in [0.2, 0.25) is 0 Å². The fourth-order valence-electron chi connectivity index (χ4n) is 2.29. The van der Waals surface area contributed by atoms with Crippen LogP contribution in [-0.4, -0.2) is 167 Å². The maximum atomic E-state index is 11.1. The molecule has 0 amide bonds. The zero-order valence-electron chi connectivity index (χ0n) is 31.1. The van der Waals surface area contributed by atoms with Crippen molar-refractivity contribution in [3.63, 3.8) is 0 Å². The topological polar surface area (TPSA) is 260 Å². The maximum absolute atomic E-state index is 11.1. The number of aliphatic carboxylic acids is 2. The molecule has 0 rings (SSSR count). The molecule has 0 aromatic heterocycles. The Balaban J connectivity index is -0.000000174. The Kier molecular flexibility index (Phi) is 53.6. The average molecular weight is 769 g/mol. The van der Waals surface area contributed by atoms with E-state index in [2.05, 4.69) is 26.8 Å². The van der Waals surface area contributed by atoms with Gasteiger partial charge in [0.15, 0.2) is 0 Å². The van der Waals surface area contributed by atoms with Gasteiger partial charge in [-0.05, 0) is 27.2 Å². The Hall–Kier alpha value is -2.62. The normalized spacial score (nSPS) is 9.92. The molecule has 0 aromatic rings. The van der Waals surface area contributed by atoms with Crippen LogP contribution < -0.4 is 0 Å². The number of ether oxygens (including phenoxy) is 8. The molecule has 5 N–H and O–H groups in total. The summed E-state index contributed by atoms with van der Waals surface area (Å²) in [6.07, 6.45) is 1.90. The highest BCUT2D eigenvalue weighted by Crippen LogP contribution is 2.07. The highest BCUT2D eigenvalue weighted by molar-refractivity contribution is 7.80. The van der Waals surface area contributed by atoms with E-state index in [9.17, 15) is 24.0 Å². The number of thiol groups is 1. The van der Waals surface area contributed by atoms with Gasteiger partial charge < -0.3 is 63.4 Å². The van der Waals surface area contributed by atoms with Gasteiger partial charge in [-0.2, -0.15) is 12.6 Å². The number of carbonyl (C=O) groups is 5. The van der Waals surface area contributed by atoms with E-state index in [-0.39, 0.29) is 96.4 Å². The molecule has 0 aliphatic carbocycles.